The molecule has 0 bridgehead atoms. The third-order valence-electron chi connectivity index (χ3n) is 3.87. The second-order valence-corrected chi connectivity index (χ2v) is 5.48. The number of likely N-dealkylation sites (tertiary alicyclic amines) is 1. The smallest absolute Gasteiger partial charge is 0.317 e. The fourth-order valence-electron chi connectivity index (χ4n) is 2.66. The molecule has 1 heterocycles. The Morgan fingerprint density at radius 3 is 2.52 bits per heavy atom. The van der Waals surface area contributed by atoms with Gasteiger partial charge < -0.3 is 21.3 Å². The zero-order valence-electron chi connectivity index (χ0n) is 12.8. The van der Waals surface area contributed by atoms with E-state index in [1.54, 1.807) is 0 Å². The lowest BCUT2D eigenvalue weighted by Gasteiger charge is -2.32. The first-order valence-electron chi connectivity index (χ1n) is 7.81. The van der Waals surface area contributed by atoms with Crippen LogP contribution < -0.4 is 16.4 Å². The largest absolute Gasteiger partial charge is 0.382 e. The van der Waals surface area contributed by atoms with Crippen LogP contribution in [0.1, 0.15) is 25.3 Å². The van der Waals surface area contributed by atoms with Crippen molar-refractivity contribution in [2.45, 2.75) is 32.2 Å². The van der Waals surface area contributed by atoms with E-state index in [1.165, 1.54) is 5.56 Å². The van der Waals surface area contributed by atoms with Crippen molar-refractivity contribution >= 4 is 11.7 Å². The summed E-state index contributed by atoms with van der Waals surface area (Å²) in [4.78, 5) is 13.6. The van der Waals surface area contributed by atoms with E-state index in [2.05, 4.69) is 34.9 Å². The summed E-state index contributed by atoms with van der Waals surface area (Å²) in [6, 6.07) is 8.97. The standard InChI is InChI=1S/C16H26N4O/c1-2-18-16(21)20-11-8-15(9-12-20)19-14-5-3-13(4-6-14)7-10-17/h3-6,15,19H,2,7-12,17H2,1H3,(H,18,21). The van der Waals surface area contributed by atoms with Gasteiger partial charge in [0.15, 0.2) is 0 Å². The molecule has 5 heteroatoms. The average molecular weight is 290 g/mol. The molecule has 0 saturated carbocycles. The van der Waals surface area contributed by atoms with Gasteiger partial charge in [-0.05, 0) is 50.4 Å². The van der Waals surface area contributed by atoms with Gasteiger partial charge in [-0.3, -0.25) is 0 Å². The number of nitrogens with one attached hydrogen (secondary N) is 2. The number of urea groups is 1. The summed E-state index contributed by atoms with van der Waals surface area (Å²) in [6.45, 7) is 4.95. The lowest BCUT2D eigenvalue weighted by Crippen LogP contribution is -2.46. The number of nitrogens with zero attached hydrogens (tertiary/aromatic N) is 1. The maximum atomic E-state index is 11.7. The zero-order valence-corrected chi connectivity index (χ0v) is 12.8. The van der Waals surface area contributed by atoms with Gasteiger partial charge in [0.2, 0.25) is 0 Å². The average Bonchev–Trinajstić information content (AvgIpc) is 2.50. The Morgan fingerprint density at radius 2 is 1.95 bits per heavy atom. The summed E-state index contributed by atoms with van der Waals surface area (Å²) in [5.41, 5.74) is 7.97. The molecule has 0 spiro atoms. The van der Waals surface area contributed by atoms with Crippen LogP contribution in [0.2, 0.25) is 0 Å². The van der Waals surface area contributed by atoms with Gasteiger partial charge in [-0.1, -0.05) is 12.1 Å². The van der Waals surface area contributed by atoms with Crippen LogP contribution in [0.4, 0.5) is 10.5 Å². The number of amides is 2. The van der Waals surface area contributed by atoms with Crippen LogP contribution in [0.25, 0.3) is 0 Å². The summed E-state index contributed by atoms with van der Waals surface area (Å²) in [5, 5.41) is 6.41. The van der Waals surface area contributed by atoms with Crippen molar-refractivity contribution in [1.82, 2.24) is 10.2 Å². The van der Waals surface area contributed by atoms with Crippen molar-refractivity contribution in [2.75, 3.05) is 31.5 Å². The third-order valence-corrected chi connectivity index (χ3v) is 3.87. The van der Waals surface area contributed by atoms with Gasteiger partial charge in [-0.25, -0.2) is 4.79 Å². The van der Waals surface area contributed by atoms with E-state index in [1.807, 2.05) is 11.8 Å². The molecule has 2 rings (SSSR count). The van der Waals surface area contributed by atoms with Crippen LogP contribution in [0.3, 0.4) is 0 Å². The minimum atomic E-state index is 0.0575. The highest BCUT2D eigenvalue weighted by Crippen LogP contribution is 2.17. The van der Waals surface area contributed by atoms with Crippen molar-refractivity contribution in [3.05, 3.63) is 29.8 Å². The zero-order chi connectivity index (χ0) is 15.1. The SMILES string of the molecule is CCNC(=O)N1CCC(Nc2ccc(CCN)cc2)CC1. The molecule has 1 aromatic rings. The first-order valence-corrected chi connectivity index (χ1v) is 7.81. The number of rotatable bonds is 5. The van der Waals surface area contributed by atoms with Gasteiger partial charge in [-0.15, -0.1) is 0 Å². The molecule has 1 aromatic carbocycles. The Kier molecular flexibility index (Phi) is 5.87. The van der Waals surface area contributed by atoms with Gasteiger partial charge in [0.25, 0.3) is 0 Å². The molecule has 1 saturated heterocycles. The second-order valence-electron chi connectivity index (χ2n) is 5.48. The highest BCUT2D eigenvalue weighted by molar-refractivity contribution is 5.74. The van der Waals surface area contributed by atoms with E-state index in [0.29, 0.717) is 19.1 Å². The number of benzene rings is 1. The van der Waals surface area contributed by atoms with Gasteiger partial charge in [0.05, 0.1) is 0 Å². The minimum absolute atomic E-state index is 0.0575. The maximum Gasteiger partial charge on any atom is 0.317 e. The van der Waals surface area contributed by atoms with Crippen molar-refractivity contribution in [1.29, 1.82) is 0 Å². The molecule has 1 aliphatic rings. The Hall–Kier alpha value is -1.75. The summed E-state index contributed by atoms with van der Waals surface area (Å²) in [7, 11) is 0. The Bertz CT molecular complexity index is 438. The first kappa shape index (κ1) is 15.6. The van der Waals surface area contributed by atoms with E-state index in [9.17, 15) is 4.79 Å². The quantitative estimate of drug-likeness (QED) is 0.774. The predicted molar refractivity (Wildman–Crippen MR) is 86.5 cm³/mol. The number of hydrogen-bond donors (Lipinski definition) is 3. The van der Waals surface area contributed by atoms with Crippen LogP contribution in [-0.4, -0.2) is 43.2 Å². The fourth-order valence-corrected chi connectivity index (χ4v) is 2.66. The number of nitrogens with two attached hydrogens (primary N) is 1. The molecule has 21 heavy (non-hydrogen) atoms. The van der Waals surface area contributed by atoms with Crippen molar-refractivity contribution in [2.24, 2.45) is 5.73 Å². The molecule has 0 aromatic heterocycles. The molecule has 116 valence electrons. The van der Waals surface area contributed by atoms with Crippen LogP contribution in [-0.2, 0) is 6.42 Å². The van der Waals surface area contributed by atoms with Gasteiger partial charge >= 0.3 is 6.03 Å². The van der Waals surface area contributed by atoms with Crippen LogP contribution in [0.5, 0.6) is 0 Å². The summed E-state index contributed by atoms with van der Waals surface area (Å²) in [5.74, 6) is 0. The minimum Gasteiger partial charge on any atom is -0.382 e. The van der Waals surface area contributed by atoms with Crippen LogP contribution in [0.15, 0.2) is 24.3 Å². The highest BCUT2D eigenvalue weighted by atomic mass is 16.2. The van der Waals surface area contributed by atoms with Crippen LogP contribution >= 0.6 is 0 Å². The third kappa shape index (κ3) is 4.63. The first-order chi connectivity index (χ1) is 10.2. The van der Waals surface area contributed by atoms with Crippen LogP contribution in [0, 0.1) is 0 Å². The fraction of sp³-hybridized carbons (Fsp3) is 0.562. The molecule has 0 atom stereocenters. The number of carbonyl (C=O) groups is 1. The second kappa shape index (κ2) is 7.88. The van der Waals surface area contributed by atoms with Gasteiger partial charge in [0.1, 0.15) is 0 Å². The highest BCUT2D eigenvalue weighted by Gasteiger charge is 2.22. The molecule has 5 nitrogen and oxygen atoms in total. The molecule has 1 aliphatic heterocycles. The Labute approximate surface area is 126 Å². The molecule has 1 fully saturated rings. The molecule has 2 amide bonds. The number of hydrogen-bond acceptors (Lipinski definition) is 3. The summed E-state index contributed by atoms with van der Waals surface area (Å²) >= 11 is 0. The Morgan fingerprint density at radius 1 is 1.29 bits per heavy atom. The van der Waals surface area contributed by atoms with E-state index < -0.39 is 0 Å². The number of anilines is 1. The van der Waals surface area contributed by atoms with E-state index in [0.717, 1.165) is 38.0 Å². The normalized spacial score (nSPS) is 15.8. The lowest BCUT2D eigenvalue weighted by atomic mass is 10.0. The molecule has 4 N–H and O–H groups in total. The van der Waals surface area contributed by atoms with Crippen molar-refractivity contribution in [3.63, 3.8) is 0 Å². The van der Waals surface area contributed by atoms with Crippen molar-refractivity contribution < 1.29 is 4.79 Å². The summed E-state index contributed by atoms with van der Waals surface area (Å²) in [6.07, 6.45) is 2.90. The monoisotopic (exact) mass is 290 g/mol. The predicted octanol–water partition coefficient (Wildman–Crippen LogP) is 1.79. The summed E-state index contributed by atoms with van der Waals surface area (Å²) < 4.78 is 0. The van der Waals surface area contributed by atoms with E-state index in [4.69, 9.17) is 5.73 Å². The van der Waals surface area contributed by atoms with E-state index in [-0.39, 0.29) is 6.03 Å². The number of piperidine rings is 1. The Balaban J connectivity index is 1.79. The molecular weight excluding hydrogens is 264 g/mol. The van der Waals surface area contributed by atoms with Crippen molar-refractivity contribution in [3.8, 4) is 0 Å². The molecule has 0 aliphatic carbocycles. The maximum absolute atomic E-state index is 11.7. The lowest BCUT2D eigenvalue weighted by molar-refractivity contribution is 0.184. The van der Waals surface area contributed by atoms with Gasteiger partial charge in [0, 0.05) is 31.4 Å². The van der Waals surface area contributed by atoms with E-state index >= 15 is 0 Å². The molecule has 0 unspecified atom stereocenters. The topological polar surface area (TPSA) is 70.4 Å². The molecule has 0 radical (unpaired) electrons. The number of carbonyl (C=O) groups excluding carboxylic acids is 1. The molecular formula is C16H26N4O. The van der Waals surface area contributed by atoms with Gasteiger partial charge in [-0.2, -0.15) is 0 Å².